The molecule has 1 amide bonds. The van der Waals surface area contributed by atoms with Crippen molar-refractivity contribution >= 4 is 18.0 Å². The molecule has 1 aromatic heterocycles. The molecule has 1 aromatic rings. The third-order valence-electron chi connectivity index (χ3n) is 1.70. The number of rotatable bonds is 3. The number of anilines is 2. The molecule has 0 aliphatic rings. The van der Waals surface area contributed by atoms with Gasteiger partial charge in [-0.15, -0.1) is 0 Å². The summed E-state index contributed by atoms with van der Waals surface area (Å²) in [6.07, 6.45) is 0.738. The van der Waals surface area contributed by atoms with Gasteiger partial charge in [-0.05, 0) is 12.1 Å². The van der Waals surface area contributed by atoms with Crippen molar-refractivity contribution in [2.75, 3.05) is 30.9 Å². The van der Waals surface area contributed by atoms with Crippen molar-refractivity contribution in [3.05, 3.63) is 18.2 Å². The van der Waals surface area contributed by atoms with Gasteiger partial charge in [0.15, 0.2) is 0 Å². The second-order valence-corrected chi connectivity index (χ2v) is 2.96. The highest BCUT2D eigenvalue weighted by atomic mass is 16.1. The topological polar surface area (TPSA) is 36.4 Å². The number of carbonyl (C=O) groups excluding carboxylic acids is 1. The molecular formula is C9H13N3O. The van der Waals surface area contributed by atoms with Gasteiger partial charge in [0.05, 0.1) is 0 Å². The third-order valence-corrected chi connectivity index (χ3v) is 1.70. The Labute approximate surface area is 77.8 Å². The van der Waals surface area contributed by atoms with Crippen molar-refractivity contribution < 1.29 is 4.79 Å². The van der Waals surface area contributed by atoms with Crippen LogP contribution < -0.4 is 9.80 Å². The molecule has 0 N–H and O–H groups in total. The Morgan fingerprint density at radius 1 is 1.23 bits per heavy atom. The van der Waals surface area contributed by atoms with E-state index in [4.69, 9.17) is 0 Å². The molecule has 0 saturated heterocycles. The van der Waals surface area contributed by atoms with Gasteiger partial charge < -0.3 is 9.80 Å². The van der Waals surface area contributed by atoms with E-state index in [1.165, 1.54) is 4.90 Å². The lowest BCUT2D eigenvalue weighted by Gasteiger charge is -2.14. The molecule has 70 valence electrons. The monoisotopic (exact) mass is 179 g/mol. The minimum Gasteiger partial charge on any atom is -0.363 e. The highest BCUT2D eigenvalue weighted by Gasteiger charge is 2.02. The second kappa shape index (κ2) is 3.89. The maximum Gasteiger partial charge on any atom is 0.215 e. The molecule has 0 atom stereocenters. The first kappa shape index (κ1) is 9.51. The maximum atomic E-state index is 10.5. The molecule has 1 heterocycles. The molecular weight excluding hydrogens is 166 g/mol. The molecule has 0 fully saturated rings. The van der Waals surface area contributed by atoms with Crippen molar-refractivity contribution in [1.29, 1.82) is 0 Å². The summed E-state index contributed by atoms with van der Waals surface area (Å²) in [5.74, 6) is 1.49. The van der Waals surface area contributed by atoms with Gasteiger partial charge in [-0.2, -0.15) is 0 Å². The number of pyridine rings is 1. The van der Waals surface area contributed by atoms with E-state index in [1.807, 2.05) is 31.1 Å². The summed E-state index contributed by atoms with van der Waals surface area (Å²) in [5, 5.41) is 0. The summed E-state index contributed by atoms with van der Waals surface area (Å²) in [6.45, 7) is 0. The van der Waals surface area contributed by atoms with Gasteiger partial charge >= 0.3 is 0 Å². The predicted molar refractivity (Wildman–Crippen MR) is 53.0 cm³/mol. The van der Waals surface area contributed by atoms with E-state index in [9.17, 15) is 4.79 Å². The van der Waals surface area contributed by atoms with Gasteiger partial charge in [-0.1, -0.05) is 6.07 Å². The Balaban J connectivity index is 2.97. The first-order valence-corrected chi connectivity index (χ1v) is 3.97. The molecule has 4 nitrogen and oxygen atoms in total. The number of aromatic nitrogens is 1. The van der Waals surface area contributed by atoms with E-state index in [0.29, 0.717) is 5.82 Å². The number of carbonyl (C=O) groups is 1. The average Bonchev–Trinajstić information content (AvgIpc) is 2.17. The first-order valence-electron chi connectivity index (χ1n) is 3.97. The minimum absolute atomic E-state index is 0.654. The molecule has 0 aromatic carbocycles. The molecule has 0 spiro atoms. The van der Waals surface area contributed by atoms with Gasteiger partial charge in [0.25, 0.3) is 0 Å². The lowest BCUT2D eigenvalue weighted by molar-refractivity contribution is -0.107. The van der Waals surface area contributed by atoms with Crippen LogP contribution in [0.1, 0.15) is 0 Å². The normalized spacial score (nSPS) is 9.46. The van der Waals surface area contributed by atoms with Crippen LogP contribution in [0.2, 0.25) is 0 Å². The second-order valence-electron chi connectivity index (χ2n) is 2.96. The lowest BCUT2D eigenvalue weighted by Crippen LogP contribution is -2.17. The SMILES string of the molecule is CN(C)c1cccc(N(C)C=O)n1. The van der Waals surface area contributed by atoms with Crippen LogP contribution in [0.4, 0.5) is 11.6 Å². The van der Waals surface area contributed by atoms with E-state index in [-0.39, 0.29) is 0 Å². The van der Waals surface area contributed by atoms with Crippen molar-refractivity contribution in [1.82, 2.24) is 4.98 Å². The molecule has 13 heavy (non-hydrogen) atoms. The standard InChI is InChI=1S/C9H13N3O/c1-11(2)8-5-4-6-9(10-8)12(3)7-13/h4-7H,1-3H3. The van der Waals surface area contributed by atoms with E-state index < -0.39 is 0 Å². The predicted octanol–water partition coefficient (Wildman–Crippen LogP) is 0.740. The molecule has 1 rings (SSSR count). The highest BCUT2D eigenvalue weighted by molar-refractivity contribution is 5.72. The van der Waals surface area contributed by atoms with Crippen LogP contribution in [-0.4, -0.2) is 32.5 Å². The number of nitrogens with zero attached hydrogens (tertiary/aromatic N) is 3. The van der Waals surface area contributed by atoms with Crippen molar-refractivity contribution in [2.45, 2.75) is 0 Å². The number of amides is 1. The van der Waals surface area contributed by atoms with Crippen LogP contribution in [-0.2, 0) is 4.79 Å². The van der Waals surface area contributed by atoms with Gasteiger partial charge in [-0.25, -0.2) is 4.98 Å². The van der Waals surface area contributed by atoms with E-state index in [1.54, 1.807) is 13.1 Å². The van der Waals surface area contributed by atoms with Crippen LogP contribution in [0.3, 0.4) is 0 Å². The minimum atomic E-state index is 0.654. The van der Waals surface area contributed by atoms with E-state index in [0.717, 1.165) is 12.2 Å². The van der Waals surface area contributed by atoms with Crippen LogP contribution in [0.5, 0.6) is 0 Å². The van der Waals surface area contributed by atoms with Crippen LogP contribution in [0.15, 0.2) is 18.2 Å². The fourth-order valence-electron chi connectivity index (χ4n) is 0.912. The molecule has 0 unspecified atom stereocenters. The zero-order chi connectivity index (χ0) is 9.84. The summed E-state index contributed by atoms with van der Waals surface area (Å²) < 4.78 is 0. The fraction of sp³-hybridized carbons (Fsp3) is 0.333. The summed E-state index contributed by atoms with van der Waals surface area (Å²) in [7, 11) is 5.49. The third kappa shape index (κ3) is 2.18. The Morgan fingerprint density at radius 2 is 1.85 bits per heavy atom. The number of hydrogen-bond donors (Lipinski definition) is 0. The van der Waals surface area contributed by atoms with Gasteiger partial charge in [-0.3, -0.25) is 4.79 Å². The Hall–Kier alpha value is -1.58. The van der Waals surface area contributed by atoms with Crippen LogP contribution >= 0.6 is 0 Å². The number of hydrogen-bond acceptors (Lipinski definition) is 3. The first-order chi connectivity index (χ1) is 6.15. The Kier molecular flexibility index (Phi) is 2.84. The Bertz CT molecular complexity index is 299. The van der Waals surface area contributed by atoms with E-state index in [2.05, 4.69) is 4.98 Å². The molecule has 0 saturated carbocycles. The van der Waals surface area contributed by atoms with Crippen LogP contribution in [0.25, 0.3) is 0 Å². The van der Waals surface area contributed by atoms with Crippen LogP contribution in [0, 0.1) is 0 Å². The largest absolute Gasteiger partial charge is 0.363 e. The highest BCUT2D eigenvalue weighted by Crippen LogP contribution is 2.13. The fourth-order valence-corrected chi connectivity index (χ4v) is 0.912. The lowest BCUT2D eigenvalue weighted by atomic mass is 10.4. The summed E-state index contributed by atoms with van der Waals surface area (Å²) in [5.41, 5.74) is 0. The van der Waals surface area contributed by atoms with Gasteiger partial charge in [0.1, 0.15) is 11.6 Å². The quantitative estimate of drug-likeness (QED) is 0.642. The summed E-state index contributed by atoms with van der Waals surface area (Å²) in [4.78, 5) is 18.1. The van der Waals surface area contributed by atoms with Gasteiger partial charge in [0, 0.05) is 21.1 Å². The zero-order valence-corrected chi connectivity index (χ0v) is 8.06. The zero-order valence-electron chi connectivity index (χ0n) is 8.06. The molecule has 0 aliphatic carbocycles. The van der Waals surface area contributed by atoms with E-state index >= 15 is 0 Å². The molecule has 0 aliphatic heterocycles. The molecule has 0 bridgehead atoms. The van der Waals surface area contributed by atoms with Crippen molar-refractivity contribution in [3.63, 3.8) is 0 Å². The summed E-state index contributed by atoms with van der Waals surface area (Å²) in [6, 6.07) is 5.56. The summed E-state index contributed by atoms with van der Waals surface area (Å²) >= 11 is 0. The smallest absolute Gasteiger partial charge is 0.215 e. The van der Waals surface area contributed by atoms with Crippen molar-refractivity contribution in [3.8, 4) is 0 Å². The van der Waals surface area contributed by atoms with Gasteiger partial charge in [0.2, 0.25) is 6.41 Å². The molecule has 0 radical (unpaired) electrons. The molecule has 4 heteroatoms. The van der Waals surface area contributed by atoms with Crippen molar-refractivity contribution in [2.24, 2.45) is 0 Å². The average molecular weight is 179 g/mol. The Morgan fingerprint density at radius 3 is 2.38 bits per heavy atom. The maximum absolute atomic E-state index is 10.5.